The first-order chi connectivity index (χ1) is 0. The van der Waals surface area contributed by atoms with Crippen LogP contribution < -0.4 is 68.9 Å². The zero-order chi connectivity index (χ0) is 0. The summed E-state index contributed by atoms with van der Waals surface area (Å²) in [7, 11) is 0. The van der Waals surface area contributed by atoms with Crippen LogP contribution in [0.1, 0.15) is 1.43 Å². The van der Waals surface area contributed by atoms with E-state index in [9.17, 15) is 0 Å². The number of hydrogen-bond acceptors (Lipinski definition) is 0. The fourth-order valence-corrected chi connectivity index (χ4v) is 0. The van der Waals surface area contributed by atoms with Gasteiger partial charge < -0.3 is 1.43 Å². The molecule has 0 bridgehead atoms. The Bertz CT molecular complexity index is 10.8. The second-order valence-corrected chi connectivity index (χ2v) is 0. The minimum atomic E-state index is 0. The van der Waals surface area contributed by atoms with Crippen LogP contribution in [0.5, 0.6) is 0 Å². The summed E-state index contributed by atoms with van der Waals surface area (Å²) in [5, 5.41) is 0. The van der Waals surface area contributed by atoms with E-state index in [0.29, 0.717) is 0 Å². The molecule has 3 radical (unpaired) electrons. The molecular weight excluding hydrogens is 524 g/mol. The van der Waals surface area contributed by atoms with Crippen molar-refractivity contribution in [1.82, 2.24) is 0 Å². The largest absolute Gasteiger partial charge is 1.00 e. The van der Waals surface area contributed by atoms with Gasteiger partial charge in [0.05, 0.1) is 0 Å². The molecule has 0 aromatic carbocycles. The maximum Gasteiger partial charge on any atom is 1.00 e. The Hall–Kier alpha value is 4.31. The first-order valence-corrected chi connectivity index (χ1v) is 0. The summed E-state index contributed by atoms with van der Waals surface area (Å²) in [6.07, 6.45) is 0. The second kappa shape index (κ2) is 23.9. The molecule has 0 aliphatic carbocycles. The van der Waals surface area contributed by atoms with Gasteiger partial charge in [0.25, 0.3) is 0 Å². The Kier molecular flexibility index (Phi) is 166. The minimum Gasteiger partial charge on any atom is -1.00 e. The van der Waals surface area contributed by atoms with Gasteiger partial charge in [-0.25, -0.2) is 0 Å². The second-order valence-electron chi connectivity index (χ2n) is 0. The summed E-state index contributed by atoms with van der Waals surface area (Å²) < 4.78 is 0. The molecule has 0 amide bonds. The molecule has 29 valence electrons. The fraction of sp³-hybridized carbons (Fsp3) is 0. The maximum atomic E-state index is 0. The molecule has 0 aromatic rings. The summed E-state index contributed by atoms with van der Waals surface area (Å²) >= 11 is 0. The van der Waals surface area contributed by atoms with Gasteiger partial charge in [-0.15, -0.1) is 71.9 Å². The van der Waals surface area contributed by atoms with Crippen molar-refractivity contribution in [2.75, 3.05) is 0 Å². The molecule has 0 aliphatic rings. The van der Waals surface area contributed by atoms with Crippen LogP contribution in [-0.4, -0.2) is 8.41 Å². The predicted octanol–water partition coefficient (Wildman–Crippen LogP) is -1.41. The molecule has 0 saturated heterocycles. The first kappa shape index (κ1) is 34.6. The molecule has 5 heavy (non-hydrogen) atoms. The van der Waals surface area contributed by atoms with Gasteiger partial charge in [-0.3, -0.25) is 0 Å². The van der Waals surface area contributed by atoms with E-state index >= 15 is 0 Å². The van der Waals surface area contributed by atoms with E-state index < -0.39 is 0 Å². The van der Waals surface area contributed by atoms with Crippen LogP contribution in [0.25, 0.3) is 0 Å². The van der Waals surface area contributed by atoms with Gasteiger partial charge in [-0.05, 0) is 0 Å². The van der Waals surface area contributed by atoms with Crippen LogP contribution in [0.2, 0.25) is 0 Å². The zero-order valence-corrected chi connectivity index (χ0v) is 16.1. The fourth-order valence-electron chi connectivity index (χ4n) is 0. The summed E-state index contributed by atoms with van der Waals surface area (Å²) in [5.41, 5.74) is 0. The standard InChI is InChI=1S/B.Cs.3HI.H/h;;3*1H;/q;+1;;;;-1. The summed E-state index contributed by atoms with van der Waals surface area (Å²) in [4.78, 5) is 0. The SMILES string of the molecule is I.I.I.[B].[Cs+].[H-]. The van der Waals surface area contributed by atoms with E-state index in [0.717, 1.165) is 0 Å². The van der Waals surface area contributed by atoms with Crippen molar-refractivity contribution in [1.29, 1.82) is 0 Å². The first-order valence-electron chi connectivity index (χ1n) is 0. The van der Waals surface area contributed by atoms with Gasteiger partial charge in [0.15, 0.2) is 0 Å². The van der Waals surface area contributed by atoms with Crippen molar-refractivity contribution in [3.63, 3.8) is 0 Å². The van der Waals surface area contributed by atoms with Gasteiger partial charge in [-0.2, -0.15) is 0 Å². The quantitative estimate of drug-likeness (QED) is 0.268. The molecule has 0 rings (SSSR count). The third-order valence-electron chi connectivity index (χ3n) is 0. The molecule has 5 heteroatoms. The molecule has 0 N–H and O–H groups in total. The zero-order valence-electron chi connectivity index (χ0n) is 3.80. The van der Waals surface area contributed by atoms with Crippen molar-refractivity contribution in [2.24, 2.45) is 0 Å². The third kappa shape index (κ3) is 17.8. The molecule has 0 aromatic heterocycles. The Balaban J connectivity index is 0. The van der Waals surface area contributed by atoms with E-state index in [4.69, 9.17) is 0 Å². The molecule has 0 spiro atoms. The number of rotatable bonds is 0. The van der Waals surface area contributed by atoms with E-state index in [1.54, 1.807) is 0 Å². The minimum absolute atomic E-state index is 0. The van der Waals surface area contributed by atoms with Crippen molar-refractivity contribution in [3.05, 3.63) is 0 Å². The van der Waals surface area contributed by atoms with Crippen molar-refractivity contribution in [2.45, 2.75) is 0 Å². The smallest absolute Gasteiger partial charge is 1.00 e. The predicted molar refractivity (Wildman–Crippen MR) is 53.1 cm³/mol. The van der Waals surface area contributed by atoms with Crippen LogP contribution in [0.3, 0.4) is 0 Å². The van der Waals surface area contributed by atoms with Crippen molar-refractivity contribution < 1.29 is 70.3 Å². The molecular formula is H4BCsI3. The molecule has 0 aliphatic heterocycles. The average Bonchev–Trinajstić information content (AvgIpc) is 0. The number of hydrogen-bond donors (Lipinski definition) is 0. The van der Waals surface area contributed by atoms with Gasteiger partial charge in [0, 0.05) is 8.41 Å². The Morgan fingerprint density at radius 2 is 0.800 bits per heavy atom. The van der Waals surface area contributed by atoms with Crippen LogP contribution in [-0.2, 0) is 0 Å². The van der Waals surface area contributed by atoms with Gasteiger partial charge in [0.1, 0.15) is 0 Å². The molecule has 0 saturated carbocycles. The third-order valence-corrected chi connectivity index (χ3v) is 0. The normalized spacial score (nSPS) is 0. The van der Waals surface area contributed by atoms with Crippen LogP contribution in [0.15, 0.2) is 0 Å². The summed E-state index contributed by atoms with van der Waals surface area (Å²) in [6.45, 7) is 0. The van der Waals surface area contributed by atoms with Gasteiger partial charge >= 0.3 is 68.9 Å². The monoisotopic (exact) mass is 529 g/mol. The Morgan fingerprint density at radius 1 is 0.800 bits per heavy atom. The van der Waals surface area contributed by atoms with Crippen molar-refractivity contribution in [3.8, 4) is 0 Å². The summed E-state index contributed by atoms with van der Waals surface area (Å²) in [6, 6.07) is 0. The molecule has 0 unspecified atom stereocenters. The van der Waals surface area contributed by atoms with E-state index in [-0.39, 0.29) is 151 Å². The number of halogens is 3. The van der Waals surface area contributed by atoms with Crippen LogP contribution in [0, 0.1) is 0 Å². The van der Waals surface area contributed by atoms with Crippen LogP contribution >= 0.6 is 71.9 Å². The molecule has 0 heterocycles. The van der Waals surface area contributed by atoms with Gasteiger partial charge in [-0.1, -0.05) is 0 Å². The van der Waals surface area contributed by atoms with Crippen LogP contribution in [0.4, 0.5) is 0 Å². The van der Waals surface area contributed by atoms with E-state index in [1.807, 2.05) is 0 Å². The summed E-state index contributed by atoms with van der Waals surface area (Å²) in [5.74, 6) is 0. The van der Waals surface area contributed by atoms with Crippen molar-refractivity contribution >= 4 is 80.3 Å². The molecule has 0 nitrogen and oxygen atoms in total. The molecule has 0 atom stereocenters. The maximum absolute atomic E-state index is 0. The van der Waals surface area contributed by atoms with E-state index in [2.05, 4.69) is 0 Å². The average molecular weight is 528 g/mol. The Morgan fingerprint density at radius 3 is 0.800 bits per heavy atom. The molecule has 0 fully saturated rings. The van der Waals surface area contributed by atoms with E-state index in [1.165, 1.54) is 0 Å². The topological polar surface area (TPSA) is 0 Å². The van der Waals surface area contributed by atoms with Gasteiger partial charge in [0.2, 0.25) is 0 Å². The Labute approximate surface area is 146 Å².